The third-order valence-electron chi connectivity index (χ3n) is 0.882. The molecule has 0 aliphatic rings. The maximum atomic E-state index is 11.2. The van der Waals surface area contributed by atoms with Crippen LogP contribution in [0.4, 0.5) is 17.6 Å². The van der Waals surface area contributed by atoms with Crippen molar-refractivity contribution in [3.8, 4) is 0 Å². The highest BCUT2D eigenvalue weighted by Gasteiger charge is 2.38. The van der Waals surface area contributed by atoms with Crippen LogP contribution in [0, 0.1) is 0 Å². The molecule has 0 saturated carbocycles. The number of hydrogen-bond donors (Lipinski definition) is 2. The highest BCUT2D eigenvalue weighted by atomic mass is 19.4. The Morgan fingerprint density at radius 2 is 1.71 bits per heavy atom. The number of Topliss-reactive ketones (excluding diaryl/α,β-unsaturated/α-hetero) is 1. The molecule has 0 unspecified atom stereocenters. The molecule has 4 nitrogen and oxygen atoms in total. The molecule has 14 heavy (non-hydrogen) atoms. The van der Waals surface area contributed by atoms with Gasteiger partial charge < -0.3 is 10.8 Å². The van der Waals surface area contributed by atoms with Crippen LogP contribution in [0.15, 0.2) is 0 Å². The molecule has 0 fully saturated rings. The Hall–Kier alpha value is -1.18. The van der Waals surface area contributed by atoms with E-state index in [4.69, 9.17) is 15.6 Å². The molecule has 0 aromatic heterocycles. The molecule has 0 spiro atoms. The first kappa shape index (κ1) is 15.3. The zero-order valence-corrected chi connectivity index (χ0v) is 7.14. The number of alkyl halides is 4. The molecule has 0 aromatic rings. The van der Waals surface area contributed by atoms with Gasteiger partial charge in [0.05, 0.1) is 6.04 Å². The molecule has 0 aliphatic heterocycles. The summed E-state index contributed by atoms with van der Waals surface area (Å²) in [7, 11) is 0. The lowest BCUT2D eigenvalue weighted by atomic mass is 10.2. The average molecular weight is 219 g/mol. The van der Waals surface area contributed by atoms with E-state index in [2.05, 4.69) is 0 Å². The number of hydrogen-bond acceptors (Lipinski definition) is 3. The summed E-state index contributed by atoms with van der Waals surface area (Å²) in [4.78, 5) is 18.9. The van der Waals surface area contributed by atoms with Crippen LogP contribution in [0.2, 0.25) is 0 Å². The summed E-state index contributed by atoms with van der Waals surface area (Å²) < 4.78 is 42.9. The van der Waals surface area contributed by atoms with Crippen molar-refractivity contribution in [2.45, 2.75) is 19.1 Å². The molecule has 0 heterocycles. The van der Waals surface area contributed by atoms with E-state index < -0.39 is 30.6 Å². The molecule has 0 amide bonds. The molecule has 8 heteroatoms. The third-order valence-corrected chi connectivity index (χ3v) is 0.882. The normalized spacial score (nSPS) is 12.4. The molecule has 0 bridgehead atoms. The number of aliphatic carboxylic acids is 1. The molecule has 0 aromatic carbocycles. The minimum atomic E-state index is -5.08. The summed E-state index contributed by atoms with van der Waals surface area (Å²) in [6.45, 7) is 0.513. The van der Waals surface area contributed by atoms with E-state index in [0.717, 1.165) is 0 Å². The second kappa shape index (κ2) is 6.30. The first-order chi connectivity index (χ1) is 6.12. The van der Waals surface area contributed by atoms with E-state index in [9.17, 15) is 22.4 Å². The van der Waals surface area contributed by atoms with Gasteiger partial charge >= 0.3 is 12.1 Å². The Morgan fingerprint density at radius 3 is 1.71 bits per heavy atom. The van der Waals surface area contributed by atoms with Gasteiger partial charge in [-0.2, -0.15) is 13.2 Å². The van der Waals surface area contributed by atoms with Crippen molar-refractivity contribution in [1.82, 2.24) is 0 Å². The van der Waals surface area contributed by atoms with Crippen LogP contribution in [-0.2, 0) is 9.59 Å². The lowest BCUT2D eigenvalue weighted by Gasteiger charge is -1.94. The summed E-state index contributed by atoms with van der Waals surface area (Å²) in [5, 5.41) is 7.12. The van der Waals surface area contributed by atoms with Crippen LogP contribution < -0.4 is 5.73 Å². The van der Waals surface area contributed by atoms with Gasteiger partial charge in [0.25, 0.3) is 0 Å². The maximum absolute atomic E-state index is 11.2. The van der Waals surface area contributed by atoms with Gasteiger partial charge in [0, 0.05) is 0 Å². The minimum absolute atomic E-state index is 0.542. The summed E-state index contributed by atoms with van der Waals surface area (Å²) in [6, 6.07) is -0.648. The SMILES string of the molecule is C[C@H](N)C(=O)CF.O=C(O)C(F)(F)F. The number of carbonyl (C=O) groups excluding carboxylic acids is 1. The molecule has 3 N–H and O–H groups in total. The summed E-state index contributed by atoms with van der Waals surface area (Å²) in [5.41, 5.74) is 4.96. The third kappa shape index (κ3) is 8.91. The number of carboxylic acids is 1. The van der Waals surface area contributed by atoms with Crippen molar-refractivity contribution in [3.05, 3.63) is 0 Å². The van der Waals surface area contributed by atoms with Crippen LogP contribution in [-0.4, -0.2) is 35.8 Å². The quantitative estimate of drug-likeness (QED) is 0.663. The maximum Gasteiger partial charge on any atom is 0.490 e. The van der Waals surface area contributed by atoms with Crippen molar-refractivity contribution in [2.75, 3.05) is 6.67 Å². The Balaban J connectivity index is 0. The van der Waals surface area contributed by atoms with Gasteiger partial charge in [0.2, 0.25) is 0 Å². The van der Waals surface area contributed by atoms with E-state index in [-0.39, 0.29) is 0 Å². The highest BCUT2D eigenvalue weighted by molar-refractivity contribution is 5.84. The lowest BCUT2D eigenvalue weighted by molar-refractivity contribution is -0.192. The van der Waals surface area contributed by atoms with Crippen LogP contribution in [0.5, 0.6) is 0 Å². The predicted molar refractivity (Wildman–Crippen MR) is 38.3 cm³/mol. The fourth-order valence-corrected chi connectivity index (χ4v) is 0.122. The van der Waals surface area contributed by atoms with Crippen LogP contribution in [0.3, 0.4) is 0 Å². The van der Waals surface area contributed by atoms with Crippen molar-refractivity contribution in [2.24, 2.45) is 5.73 Å². The molecule has 0 aliphatic carbocycles. The van der Waals surface area contributed by atoms with E-state index in [1.54, 1.807) is 0 Å². The number of nitrogens with two attached hydrogens (primary N) is 1. The zero-order chi connectivity index (χ0) is 11.9. The van der Waals surface area contributed by atoms with Crippen LogP contribution >= 0.6 is 0 Å². The first-order valence-electron chi connectivity index (χ1n) is 3.27. The molecule has 84 valence electrons. The number of ketones is 1. The van der Waals surface area contributed by atoms with Gasteiger partial charge in [-0.05, 0) is 6.92 Å². The summed E-state index contributed by atoms with van der Waals surface area (Å²) in [5.74, 6) is -3.30. The van der Waals surface area contributed by atoms with Crippen molar-refractivity contribution in [3.63, 3.8) is 0 Å². The van der Waals surface area contributed by atoms with Gasteiger partial charge in [0.1, 0.15) is 6.67 Å². The molecule has 0 rings (SSSR count). The molecular weight excluding hydrogens is 210 g/mol. The Kier molecular flexibility index (Phi) is 6.89. The first-order valence-corrected chi connectivity index (χ1v) is 3.27. The van der Waals surface area contributed by atoms with Gasteiger partial charge in [-0.15, -0.1) is 0 Å². The largest absolute Gasteiger partial charge is 0.490 e. The van der Waals surface area contributed by atoms with Crippen molar-refractivity contribution < 1.29 is 32.3 Å². The fraction of sp³-hybridized carbons (Fsp3) is 0.667. The Labute approximate surface area is 76.7 Å². The predicted octanol–water partition coefficient (Wildman–Crippen LogP) is 0.505. The monoisotopic (exact) mass is 219 g/mol. The Morgan fingerprint density at radius 1 is 1.43 bits per heavy atom. The lowest BCUT2D eigenvalue weighted by Crippen LogP contribution is -2.27. The highest BCUT2D eigenvalue weighted by Crippen LogP contribution is 2.13. The number of carboxylic acid groups (broad SMARTS) is 1. The van der Waals surface area contributed by atoms with E-state index >= 15 is 0 Å². The Bertz CT molecular complexity index is 200. The topological polar surface area (TPSA) is 80.4 Å². The molecule has 1 atom stereocenters. The number of rotatable bonds is 2. The standard InChI is InChI=1S/C4H8FNO.C2HF3O2/c1-3(6)4(7)2-5;3-2(4,5)1(6)7/h3H,2,6H2,1H3;(H,6,7)/t3-;/m0./s1. The van der Waals surface area contributed by atoms with E-state index in [0.29, 0.717) is 0 Å². The van der Waals surface area contributed by atoms with Crippen molar-refractivity contribution in [1.29, 1.82) is 0 Å². The fourth-order valence-electron chi connectivity index (χ4n) is 0.122. The molecule has 0 radical (unpaired) electrons. The van der Waals surface area contributed by atoms with Crippen LogP contribution in [0.25, 0.3) is 0 Å². The van der Waals surface area contributed by atoms with Gasteiger partial charge in [-0.25, -0.2) is 9.18 Å². The second-order valence-electron chi connectivity index (χ2n) is 2.19. The molecule has 0 saturated heterocycles. The van der Waals surface area contributed by atoms with Gasteiger partial charge in [-0.1, -0.05) is 0 Å². The van der Waals surface area contributed by atoms with E-state index in [1.165, 1.54) is 6.92 Å². The zero-order valence-electron chi connectivity index (χ0n) is 7.14. The minimum Gasteiger partial charge on any atom is -0.475 e. The second-order valence-corrected chi connectivity index (χ2v) is 2.19. The summed E-state index contributed by atoms with van der Waals surface area (Å²) >= 11 is 0. The number of carbonyl (C=O) groups is 2. The average Bonchev–Trinajstić information content (AvgIpc) is 2.02. The number of halogens is 4. The molecular formula is C6H9F4NO3. The summed E-state index contributed by atoms with van der Waals surface area (Å²) in [6.07, 6.45) is -5.08. The van der Waals surface area contributed by atoms with Crippen molar-refractivity contribution >= 4 is 11.8 Å². The smallest absolute Gasteiger partial charge is 0.475 e. The van der Waals surface area contributed by atoms with Gasteiger partial charge in [-0.3, -0.25) is 4.79 Å². The van der Waals surface area contributed by atoms with Gasteiger partial charge in [0.15, 0.2) is 5.78 Å². The van der Waals surface area contributed by atoms with E-state index in [1.807, 2.05) is 0 Å². The van der Waals surface area contributed by atoms with Crippen LogP contribution in [0.1, 0.15) is 6.92 Å².